The number of nitrogens with one attached hydrogen (secondary N) is 2. The highest BCUT2D eigenvalue weighted by molar-refractivity contribution is 5.80. The molecular formula is C20H32N6O2. The first-order valence-corrected chi connectivity index (χ1v) is 10.1. The number of piperidine rings is 1. The average molecular weight is 389 g/mol. The van der Waals surface area contributed by atoms with Crippen molar-refractivity contribution in [2.24, 2.45) is 10.9 Å². The van der Waals surface area contributed by atoms with Crippen molar-refractivity contribution >= 4 is 17.7 Å². The molecular weight excluding hydrogens is 356 g/mol. The molecule has 3 rings (SSSR count). The molecule has 0 spiro atoms. The van der Waals surface area contributed by atoms with Crippen LogP contribution >= 0.6 is 0 Å². The second-order valence-electron chi connectivity index (χ2n) is 7.29. The smallest absolute Gasteiger partial charge is 0.220 e. The number of amides is 1. The molecule has 8 nitrogen and oxygen atoms in total. The summed E-state index contributed by atoms with van der Waals surface area (Å²) in [5.41, 5.74) is 1.17. The molecule has 0 atom stereocenters. The number of aromatic nitrogens is 1. The number of pyridine rings is 1. The normalized spacial score (nSPS) is 18.9. The lowest BCUT2D eigenvalue weighted by Crippen LogP contribution is -2.46. The molecule has 0 saturated carbocycles. The summed E-state index contributed by atoms with van der Waals surface area (Å²) < 4.78 is 5.46. The van der Waals surface area contributed by atoms with Gasteiger partial charge in [-0.25, -0.2) is 4.98 Å². The minimum atomic E-state index is 0.133. The van der Waals surface area contributed by atoms with E-state index in [9.17, 15) is 4.79 Å². The summed E-state index contributed by atoms with van der Waals surface area (Å²) in [5.74, 6) is 2.53. The fourth-order valence-corrected chi connectivity index (χ4v) is 3.85. The Morgan fingerprint density at radius 2 is 2.04 bits per heavy atom. The van der Waals surface area contributed by atoms with Crippen molar-refractivity contribution in [2.45, 2.75) is 25.8 Å². The van der Waals surface area contributed by atoms with E-state index >= 15 is 0 Å². The Balaban J connectivity index is 1.55. The Labute approximate surface area is 167 Å². The first kappa shape index (κ1) is 20.4. The Kier molecular flexibility index (Phi) is 7.47. The van der Waals surface area contributed by atoms with Gasteiger partial charge in [0.05, 0.1) is 13.2 Å². The Morgan fingerprint density at radius 1 is 1.29 bits per heavy atom. The number of carbonyl (C=O) groups excluding carboxylic acids is 1. The summed E-state index contributed by atoms with van der Waals surface area (Å²) in [5, 5.41) is 6.22. The van der Waals surface area contributed by atoms with Crippen molar-refractivity contribution < 1.29 is 9.53 Å². The van der Waals surface area contributed by atoms with Crippen molar-refractivity contribution in [3.8, 4) is 0 Å². The van der Waals surface area contributed by atoms with E-state index in [4.69, 9.17) is 4.74 Å². The fraction of sp³-hybridized carbons (Fsp3) is 0.650. The minimum absolute atomic E-state index is 0.133. The number of anilines is 1. The van der Waals surface area contributed by atoms with Gasteiger partial charge in [0.25, 0.3) is 0 Å². The molecule has 0 aromatic carbocycles. The second-order valence-corrected chi connectivity index (χ2v) is 7.29. The van der Waals surface area contributed by atoms with Crippen LogP contribution in [-0.2, 0) is 16.1 Å². The maximum atomic E-state index is 11.6. The van der Waals surface area contributed by atoms with Gasteiger partial charge >= 0.3 is 0 Å². The van der Waals surface area contributed by atoms with Crippen LogP contribution in [0.25, 0.3) is 0 Å². The molecule has 1 aromatic rings. The summed E-state index contributed by atoms with van der Waals surface area (Å²) in [4.78, 5) is 25.2. The molecule has 154 valence electrons. The summed E-state index contributed by atoms with van der Waals surface area (Å²) >= 11 is 0. The molecule has 0 unspecified atom stereocenters. The number of morpholine rings is 1. The van der Waals surface area contributed by atoms with Crippen molar-refractivity contribution in [3.63, 3.8) is 0 Å². The number of carbonyl (C=O) groups is 1. The fourth-order valence-electron chi connectivity index (χ4n) is 3.85. The zero-order valence-corrected chi connectivity index (χ0v) is 17.0. The van der Waals surface area contributed by atoms with E-state index in [1.165, 1.54) is 5.56 Å². The lowest BCUT2D eigenvalue weighted by atomic mass is 9.93. The molecule has 1 aromatic heterocycles. The Bertz CT molecular complexity index is 666. The average Bonchev–Trinajstić information content (AvgIpc) is 2.76. The largest absolute Gasteiger partial charge is 0.378 e. The third-order valence-corrected chi connectivity index (χ3v) is 5.49. The van der Waals surface area contributed by atoms with Crippen LogP contribution in [0.3, 0.4) is 0 Å². The van der Waals surface area contributed by atoms with Crippen molar-refractivity contribution in [1.82, 2.24) is 20.5 Å². The highest BCUT2D eigenvalue weighted by atomic mass is 16.5. The summed E-state index contributed by atoms with van der Waals surface area (Å²) in [7, 11) is 3.53. The van der Waals surface area contributed by atoms with E-state index in [0.717, 1.165) is 64.0 Å². The van der Waals surface area contributed by atoms with Crippen molar-refractivity contribution in [1.29, 1.82) is 0 Å². The highest BCUT2D eigenvalue weighted by Gasteiger charge is 2.23. The van der Waals surface area contributed by atoms with Crippen LogP contribution in [0.2, 0.25) is 0 Å². The molecule has 2 fully saturated rings. The molecule has 2 aliphatic heterocycles. The number of nitrogens with zero attached hydrogens (tertiary/aromatic N) is 4. The van der Waals surface area contributed by atoms with Gasteiger partial charge in [0, 0.05) is 65.0 Å². The standard InChI is InChI=1S/C20H32N6O2/c1-21-18(27)14-16-5-8-26(9-6-16)20(22-2)24-15-17-4-3-7-23-19(17)25-10-12-28-13-11-25/h3-4,7,16H,5-6,8-15H2,1-2H3,(H,21,27)(H,22,24). The molecule has 3 heterocycles. The van der Waals surface area contributed by atoms with Crippen LogP contribution < -0.4 is 15.5 Å². The lowest BCUT2D eigenvalue weighted by Gasteiger charge is -2.34. The maximum Gasteiger partial charge on any atom is 0.220 e. The second kappa shape index (κ2) is 10.3. The number of guanidine groups is 1. The molecule has 2 saturated heterocycles. The molecule has 0 radical (unpaired) electrons. The zero-order valence-electron chi connectivity index (χ0n) is 17.0. The van der Waals surface area contributed by atoms with E-state index in [-0.39, 0.29) is 5.91 Å². The number of aliphatic imine (C=N–C) groups is 1. The monoisotopic (exact) mass is 388 g/mol. The maximum absolute atomic E-state index is 11.6. The van der Waals surface area contributed by atoms with Crippen LogP contribution in [-0.4, -0.2) is 75.2 Å². The van der Waals surface area contributed by atoms with Gasteiger partial charge in [-0.15, -0.1) is 0 Å². The van der Waals surface area contributed by atoms with E-state index in [0.29, 0.717) is 18.9 Å². The topological polar surface area (TPSA) is 82.1 Å². The predicted molar refractivity (Wildman–Crippen MR) is 110 cm³/mol. The van der Waals surface area contributed by atoms with Crippen LogP contribution in [0.5, 0.6) is 0 Å². The van der Waals surface area contributed by atoms with Crippen molar-refractivity contribution in [2.75, 3.05) is 58.4 Å². The van der Waals surface area contributed by atoms with E-state index < -0.39 is 0 Å². The Morgan fingerprint density at radius 3 is 2.71 bits per heavy atom. The summed E-state index contributed by atoms with van der Waals surface area (Å²) in [6.07, 6.45) is 4.50. The number of hydrogen-bond donors (Lipinski definition) is 2. The third-order valence-electron chi connectivity index (χ3n) is 5.49. The van der Waals surface area contributed by atoms with Crippen LogP contribution in [0.15, 0.2) is 23.3 Å². The zero-order chi connectivity index (χ0) is 19.8. The minimum Gasteiger partial charge on any atom is -0.378 e. The van der Waals surface area contributed by atoms with Gasteiger partial charge < -0.3 is 25.2 Å². The lowest BCUT2D eigenvalue weighted by molar-refractivity contribution is -0.121. The van der Waals surface area contributed by atoms with Gasteiger partial charge in [0.2, 0.25) is 5.91 Å². The van der Waals surface area contributed by atoms with Crippen LogP contribution in [0, 0.1) is 5.92 Å². The molecule has 2 aliphatic rings. The van der Waals surface area contributed by atoms with Gasteiger partial charge in [0.1, 0.15) is 5.82 Å². The van der Waals surface area contributed by atoms with E-state index in [2.05, 4.69) is 36.5 Å². The molecule has 8 heteroatoms. The Hall–Kier alpha value is -2.35. The van der Waals surface area contributed by atoms with Gasteiger partial charge in [-0.05, 0) is 24.8 Å². The molecule has 0 bridgehead atoms. The van der Waals surface area contributed by atoms with E-state index in [1.54, 1.807) is 7.05 Å². The number of likely N-dealkylation sites (tertiary alicyclic amines) is 1. The van der Waals surface area contributed by atoms with Crippen LogP contribution in [0.1, 0.15) is 24.8 Å². The number of ether oxygens (including phenoxy) is 1. The number of hydrogen-bond acceptors (Lipinski definition) is 5. The molecule has 28 heavy (non-hydrogen) atoms. The van der Waals surface area contributed by atoms with Gasteiger partial charge in [0.15, 0.2) is 5.96 Å². The SMILES string of the molecule is CN=C(NCc1cccnc1N1CCOCC1)N1CCC(CC(=O)NC)CC1. The molecule has 0 aliphatic carbocycles. The predicted octanol–water partition coefficient (Wildman–Crippen LogP) is 0.842. The third kappa shape index (κ3) is 5.34. The van der Waals surface area contributed by atoms with Gasteiger partial charge in [-0.3, -0.25) is 9.79 Å². The first-order chi connectivity index (χ1) is 13.7. The van der Waals surface area contributed by atoms with E-state index in [1.807, 2.05) is 19.3 Å². The summed E-state index contributed by atoms with van der Waals surface area (Å²) in [6.45, 7) is 5.77. The number of rotatable bonds is 5. The van der Waals surface area contributed by atoms with Gasteiger partial charge in [-0.1, -0.05) is 6.07 Å². The quantitative estimate of drug-likeness (QED) is 0.575. The summed E-state index contributed by atoms with van der Waals surface area (Å²) in [6, 6.07) is 4.10. The van der Waals surface area contributed by atoms with Crippen molar-refractivity contribution in [3.05, 3.63) is 23.9 Å². The molecule has 2 N–H and O–H groups in total. The van der Waals surface area contributed by atoms with Gasteiger partial charge in [-0.2, -0.15) is 0 Å². The first-order valence-electron chi connectivity index (χ1n) is 10.1. The highest BCUT2D eigenvalue weighted by Crippen LogP contribution is 2.21. The molecule has 1 amide bonds. The van der Waals surface area contributed by atoms with Crippen LogP contribution in [0.4, 0.5) is 5.82 Å².